The Labute approximate surface area is 301 Å². The van der Waals surface area contributed by atoms with Gasteiger partial charge in [0.15, 0.2) is 0 Å². The summed E-state index contributed by atoms with van der Waals surface area (Å²) in [7, 11) is 2.05. The SMILES string of the molecule is Cn1c(-c2cccc(Oc3cccc(-n4c5ccc6c(c5c5cccnc54)C(C)(C)c4ccccc4N6c4ccccc4)c3)c2)nc2ccccc21. The van der Waals surface area contributed by atoms with Gasteiger partial charge in [0.05, 0.1) is 33.6 Å². The zero-order valence-corrected chi connectivity index (χ0v) is 29.2. The number of fused-ring (bicyclic) bond motifs is 7. The number of anilines is 3. The minimum atomic E-state index is -0.277. The quantitative estimate of drug-likeness (QED) is 0.182. The molecule has 3 aromatic heterocycles. The summed E-state index contributed by atoms with van der Waals surface area (Å²) in [6, 6.07) is 52.9. The molecular weight excluding hydrogens is 639 g/mol. The van der Waals surface area contributed by atoms with E-state index in [0.29, 0.717) is 0 Å². The van der Waals surface area contributed by atoms with Crippen LogP contribution in [0.4, 0.5) is 17.1 Å². The zero-order chi connectivity index (χ0) is 35.0. The average molecular weight is 674 g/mol. The molecule has 9 aromatic rings. The van der Waals surface area contributed by atoms with E-state index in [1.165, 1.54) is 27.9 Å². The van der Waals surface area contributed by atoms with Crippen molar-refractivity contribution in [3.8, 4) is 28.6 Å². The van der Waals surface area contributed by atoms with Crippen LogP contribution in [0.15, 0.2) is 158 Å². The Morgan fingerprint density at radius 3 is 2.23 bits per heavy atom. The highest BCUT2D eigenvalue weighted by molar-refractivity contribution is 6.13. The van der Waals surface area contributed by atoms with E-state index < -0.39 is 0 Å². The maximum absolute atomic E-state index is 6.57. The number of hydrogen-bond donors (Lipinski definition) is 0. The van der Waals surface area contributed by atoms with Crippen LogP contribution < -0.4 is 9.64 Å². The number of aromatic nitrogens is 4. The monoisotopic (exact) mass is 673 g/mol. The first-order valence-corrected chi connectivity index (χ1v) is 17.6. The van der Waals surface area contributed by atoms with Gasteiger partial charge >= 0.3 is 0 Å². The topological polar surface area (TPSA) is 48.1 Å². The van der Waals surface area contributed by atoms with E-state index in [1.807, 2.05) is 48.7 Å². The summed E-state index contributed by atoms with van der Waals surface area (Å²) < 4.78 is 11.0. The molecule has 0 spiro atoms. The van der Waals surface area contributed by atoms with E-state index in [2.05, 4.69) is 144 Å². The normalized spacial score (nSPS) is 13.4. The fourth-order valence-corrected chi connectivity index (χ4v) is 8.25. The molecule has 4 heterocycles. The number of para-hydroxylation sites is 4. The first kappa shape index (κ1) is 30.2. The second-order valence-electron chi connectivity index (χ2n) is 14.0. The van der Waals surface area contributed by atoms with Gasteiger partial charge in [0.2, 0.25) is 0 Å². The van der Waals surface area contributed by atoms with Crippen LogP contribution in [0.2, 0.25) is 0 Å². The number of benzene rings is 6. The fraction of sp³-hybridized carbons (Fsp3) is 0.0870. The summed E-state index contributed by atoms with van der Waals surface area (Å²) in [6.07, 6.45) is 1.88. The molecule has 0 N–H and O–H groups in total. The van der Waals surface area contributed by atoms with Crippen molar-refractivity contribution in [1.82, 2.24) is 19.1 Å². The van der Waals surface area contributed by atoms with Crippen molar-refractivity contribution in [1.29, 1.82) is 0 Å². The highest BCUT2D eigenvalue weighted by Gasteiger charge is 2.39. The second kappa shape index (κ2) is 11.4. The van der Waals surface area contributed by atoms with Crippen LogP contribution in [0.3, 0.4) is 0 Å². The number of rotatable bonds is 5. The van der Waals surface area contributed by atoms with Crippen LogP contribution in [0.25, 0.3) is 50.0 Å². The molecule has 1 aliphatic rings. The number of imidazole rings is 1. The highest BCUT2D eigenvalue weighted by atomic mass is 16.5. The molecule has 10 rings (SSSR count). The van der Waals surface area contributed by atoms with E-state index in [-0.39, 0.29) is 5.41 Å². The van der Waals surface area contributed by atoms with E-state index in [1.54, 1.807) is 0 Å². The third-order valence-corrected chi connectivity index (χ3v) is 10.6. The van der Waals surface area contributed by atoms with Gasteiger partial charge in [0.1, 0.15) is 23.0 Å². The summed E-state index contributed by atoms with van der Waals surface area (Å²) >= 11 is 0. The lowest BCUT2D eigenvalue weighted by molar-refractivity contribution is 0.482. The maximum atomic E-state index is 6.57. The molecule has 0 unspecified atom stereocenters. The van der Waals surface area contributed by atoms with Gasteiger partial charge in [0.25, 0.3) is 0 Å². The number of pyridine rings is 1. The van der Waals surface area contributed by atoms with Crippen LogP contribution >= 0.6 is 0 Å². The molecule has 52 heavy (non-hydrogen) atoms. The van der Waals surface area contributed by atoms with Crippen molar-refractivity contribution in [3.05, 3.63) is 169 Å². The molecule has 250 valence electrons. The van der Waals surface area contributed by atoms with E-state index in [9.17, 15) is 0 Å². The molecule has 0 atom stereocenters. The Morgan fingerprint density at radius 2 is 1.37 bits per heavy atom. The number of hydrogen-bond acceptors (Lipinski definition) is 4. The van der Waals surface area contributed by atoms with Crippen molar-refractivity contribution >= 4 is 50.0 Å². The Balaban J connectivity index is 1.11. The summed E-state index contributed by atoms with van der Waals surface area (Å²) in [6.45, 7) is 4.70. The lowest BCUT2D eigenvalue weighted by Gasteiger charge is -2.42. The molecule has 6 aromatic carbocycles. The Bertz CT molecular complexity index is 2830. The summed E-state index contributed by atoms with van der Waals surface area (Å²) in [5.41, 5.74) is 11.9. The van der Waals surface area contributed by atoms with Gasteiger partial charge in [0, 0.05) is 46.7 Å². The van der Waals surface area contributed by atoms with Crippen molar-refractivity contribution in [2.24, 2.45) is 7.05 Å². The second-order valence-corrected chi connectivity index (χ2v) is 14.0. The third kappa shape index (κ3) is 4.50. The molecule has 0 saturated carbocycles. The Morgan fingerprint density at radius 1 is 0.615 bits per heavy atom. The minimum absolute atomic E-state index is 0.277. The molecule has 0 bridgehead atoms. The molecule has 6 heteroatoms. The number of ether oxygens (including phenoxy) is 1. The van der Waals surface area contributed by atoms with Gasteiger partial charge in [-0.05, 0) is 90.0 Å². The molecule has 6 nitrogen and oxygen atoms in total. The zero-order valence-electron chi connectivity index (χ0n) is 29.2. The summed E-state index contributed by atoms with van der Waals surface area (Å²) in [5.74, 6) is 2.39. The van der Waals surface area contributed by atoms with Crippen molar-refractivity contribution in [2.45, 2.75) is 19.3 Å². The first-order valence-electron chi connectivity index (χ1n) is 17.6. The molecule has 0 amide bonds. The van der Waals surface area contributed by atoms with Crippen LogP contribution in [0.1, 0.15) is 25.0 Å². The fourth-order valence-electron chi connectivity index (χ4n) is 8.25. The predicted molar refractivity (Wildman–Crippen MR) is 212 cm³/mol. The number of nitrogens with zero attached hydrogens (tertiary/aromatic N) is 5. The van der Waals surface area contributed by atoms with Gasteiger partial charge in [-0.25, -0.2) is 9.97 Å². The van der Waals surface area contributed by atoms with Crippen LogP contribution in [0.5, 0.6) is 11.5 Å². The van der Waals surface area contributed by atoms with Gasteiger partial charge < -0.3 is 14.2 Å². The molecule has 0 saturated heterocycles. The molecule has 0 aliphatic carbocycles. The summed E-state index contributed by atoms with van der Waals surface area (Å²) in [4.78, 5) is 12.3. The Kier molecular flexibility index (Phi) is 6.64. The largest absolute Gasteiger partial charge is 0.457 e. The minimum Gasteiger partial charge on any atom is -0.457 e. The standard InChI is InChI=1S/C46H35N5O/c1-46(2)36-21-7-9-23-38(36)50(31-15-5-4-6-16-31)41-26-25-40-42(43(41)46)35-20-13-27-47-45(35)51(40)32-17-12-19-34(29-32)52-33-18-11-14-30(28-33)44-48-37-22-8-10-24-39(37)49(44)3/h4-29H,1-3H3. The molecule has 0 fully saturated rings. The molecule has 1 aliphatic heterocycles. The Hall–Kier alpha value is -6.66. The van der Waals surface area contributed by atoms with Gasteiger partial charge in [-0.2, -0.15) is 0 Å². The van der Waals surface area contributed by atoms with Crippen molar-refractivity contribution < 1.29 is 4.74 Å². The lowest BCUT2D eigenvalue weighted by atomic mass is 9.72. The lowest BCUT2D eigenvalue weighted by Crippen LogP contribution is -2.30. The summed E-state index contributed by atoms with van der Waals surface area (Å²) in [5, 5.41) is 2.33. The highest BCUT2D eigenvalue weighted by Crippen LogP contribution is 2.55. The maximum Gasteiger partial charge on any atom is 0.145 e. The van der Waals surface area contributed by atoms with E-state index in [0.717, 1.165) is 61.8 Å². The van der Waals surface area contributed by atoms with E-state index in [4.69, 9.17) is 14.7 Å². The van der Waals surface area contributed by atoms with E-state index >= 15 is 0 Å². The van der Waals surface area contributed by atoms with Crippen LogP contribution in [-0.4, -0.2) is 19.1 Å². The third-order valence-electron chi connectivity index (χ3n) is 10.6. The van der Waals surface area contributed by atoms with Crippen molar-refractivity contribution in [3.63, 3.8) is 0 Å². The smallest absolute Gasteiger partial charge is 0.145 e. The van der Waals surface area contributed by atoms with Gasteiger partial charge in [-0.1, -0.05) is 80.6 Å². The predicted octanol–water partition coefficient (Wildman–Crippen LogP) is 11.6. The molecular formula is C46H35N5O. The molecule has 0 radical (unpaired) electrons. The number of aryl methyl sites for hydroxylation is 1. The average Bonchev–Trinajstić information content (AvgIpc) is 3.70. The van der Waals surface area contributed by atoms with Gasteiger partial charge in [-0.3, -0.25) is 4.57 Å². The van der Waals surface area contributed by atoms with Crippen LogP contribution in [0, 0.1) is 0 Å². The van der Waals surface area contributed by atoms with Gasteiger partial charge in [-0.15, -0.1) is 0 Å². The van der Waals surface area contributed by atoms with Crippen LogP contribution in [-0.2, 0) is 12.5 Å². The first-order chi connectivity index (χ1) is 25.5. The van der Waals surface area contributed by atoms with Crippen molar-refractivity contribution in [2.75, 3.05) is 4.90 Å².